The van der Waals surface area contributed by atoms with Crippen molar-refractivity contribution < 1.29 is 0 Å². The predicted octanol–water partition coefficient (Wildman–Crippen LogP) is 6.00. The van der Waals surface area contributed by atoms with Crippen LogP contribution in [0.25, 0.3) is 28.3 Å². The van der Waals surface area contributed by atoms with Crippen molar-refractivity contribution in [2.75, 3.05) is 0 Å². The third kappa shape index (κ3) is 3.96. The molecule has 3 aromatic heterocycles. The van der Waals surface area contributed by atoms with E-state index in [1.165, 1.54) is 11.1 Å². The molecule has 0 atom stereocenters. The van der Waals surface area contributed by atoms with Gasteiger partial charge in [0, 0.05) is 18.0 Å². The summed E-state index contributed by atoms with van der Waals surface area (Å²) in [6, 6.07) is 14.9. The van der Waals surface area contributed by atoms with Crippen LogP contribution in [0.3, 0.4) is 0 Å². The van der Waals surface area contributed by atoms with Crippen LogP contribution in [0.2, 0.25) is 0 Å². The van der Waals surface area contributed by atoms with Crippen molar-refractivity contribution in [2.24, 2.45) is 0 Å². The molecule has 0 aliphatic rings. The van der Waals surface area contributed by atoms with E-state index in [-0.39, 0.29) is 0 Å². The van der Waals surface area contributed by atoms with E-state index in [2.05, 4.69) is 70.8 Å². The van der Waals surface area contributed by atoms with Crippen molar-refractivity contribution in [3.8, 4) is 22.6 Å². The average Bonchev–Trinajstić information content (AvgIpc) is 3.15. The Morgan fingerprint density at radius 1 is 0.929 bits per heavy atom. The van der Waals surface area contributed by atoms with Gasteiger partial charge in [0.05, 0.1) is 17.1 Å². The zero-order valence-corrected chi connectivity index (χ0v) is 17.2. The topological polar surface area (TPSA) is 43.1 Å². The zero-order valence-electron chi connectivity index (χ0n) is 17.2. The Morgan fingerprint density at radius 3 is 2.36 bits per heavy atom. The number of hydrogen-bond acceptors (Lipinski definition) is 3. The number of aryl methyl sites for hydroxylation is 2. The summed E-state index contributed by atoms with van der Waals surface area (Å²) in [7, 11) is 0. The van der Waals surface area contributed by atoms with Crippen LogP contribution in [0.1, 0.15) is 45.2 Å². The molecule has 0 fully saturated rings. The van der Waals surface area contributed by atoms with Gasteiger partial charge in [0.15, 0.2) is 0 Å². The van der Waals surface area contributed by atoms with Crippen LogP contribution in [-0.4, -0.2) is 19.4 Å². The maximum absolute atomic E-state index is 4.96. The minimum Gasteiger partial charge on any atom is -0.298 e. The van der Waals surface area contributed by atoms with E-state index in [0.29, 0.717) is 0 Å². The summed E-state index contributed by atoms with van der Waals surface area (Å²) in [5.41, 5.74) is 7.55. The van der Waals surface area contributed by atoms with Gasteiger partial charge in [-0.2, -0.15) is 0 Å². The minimum absolute atomic E-state index is 0.880. The highest BCUT2D eigenvalue weighted by atomic mass is 15.0. The maximum Gasteiger partial charge on any atom is 0.138 e. The molecule has 144 valence electrons. The first-order valence-corrected chi connectivity index (χ1v) is 10.2. The number of fused-ring (bicyclic) bond motifs is 1. The lowest BCUT2D eigenvalue weighted by Gasteiger charge is -2.06. The van der Waals surface area contributed by atoms with E-state index in [9.17, 15) is 0 Å². The third-order valence-corrected chi connectivity index (χ3v) is 4.69. The molecule has 28 heavy (non-hydrogen) atoms. The molecule has 0 saturated heterocycles. The van der Waals surface area contributed by atoms with Crippen LogP contribution >= 0.6 is 0 Å². The quantitative estimate of drug-likeness (QED) is 0.431. The van der Waals surface area contributed by atoms with Crippen LogP contribution < -0.4 is 0 Å². The molecule has 0 aliphatic carbocycles. The fourth-order valence-corrected chi connectivity index (χ4v) is 3.31. The Balaban J connectivity index is 0.00000109. The summed E-state index contributed by atoms with van der Waals surface area (Å²) in [6.07, 6.45) is 8.69. The van der Waals surface area contributed by atoms with Gasteiger partial charge in [0.1, 0.15) is 12.0 Å². The van der Waals surface area contributed by atoms with E-state index in [0.717, 1.165) is 47.6 Å². The van der Waals surface area contributed by atoms with Crippen molar-refractivity contribution in [1.82, 2.24) is 19.4 Å². The van der Waals surface area contributed by atoms with Crippen molar-refractivity contribution in [3.05, 3.63) is 72.3 Å². The summed E-state index contributed by atoms with van der Waals surface area (Å²) >= 11 is 0. The molecule has 0 N–H and O–H groups in total. The highest BCUT2D eigenvalue weighted by Crippen LogP contribution is 2.32. The second-order valence-corrected chi connectivity index (χ2v) is 6.47. The van der Waals surface area contributed by atoms with Gasteiger partial charge < -0.3 is 0 Å². The van der Waals surface area contributed by atoms with Gasteiger partial charge in [-0.3, -0.25) is 4.40 Å². The molecule has 0 bridgehead atoms. The summed E-state index contributed by atoms with van der Waals surface area (Å²) in [5, 5.41) is 0. The van der Waals surface area contributed by atoms with Gasteiger partial charge in [-0.15, -0.1) is 0 Å². The molecule has 0 unspecified atom stereocenters. The largest absolute Gasteiger partial charge is 0.298 e. The van der Waals surface area contributed by atoms with Crippen LogP contribution in [0, 0.1) is 0 Å². The van der Waals surface area contributed by atoms with Crippen LogP contribution in [0.5, 0.6) is 0 Å². The van der Waals surface area contributed by atoms with Gasteiger partial charge in [0.2, 0.25) is 0 Å². The number of rotatable bonds is 5. The molecule has 0 spiro atoms. The minimum atomic E-state index is 0.880. The normalized spacial score (nSPS) is 10.6. The summed E-state index contributed by atoms with van der Waals surface area (Å²) in [5.74, 6) is 0. The number of imidazole rings is 1. The van der Waals surface area contributed by atoms with E-state index in [1.54, 1.807) is 12.5 Å². The van der Waals surface area contributed by atoms with E-state index in [4.69, 9.17) is 4.98 Å². The monoisotopic (exact) mass is 372 g/mol. The average molecular weight is 373 g/mol. The molecular formula is C24H28N4. The smallest absolute Gasteiger partial charge is 0.138 e. The Labute approximate surface area is 167 Å². The molecule has 0 amide bonds. The molecule has 0 saturated carbocycles. The Morgan fingerprint density at radius 2 is 1.71 bits per heavy atom. The standard InChI is InChI=1S/C22H22N4.C2H6/c1-3-5-17-11-13-26-20(14-17)25-21(18-8-6-16(4-2)7-9-18)22(26)19-10-12-23-15-24-19;1-2/h6-15H,3-5H2,1-2H3;1-2H3. The lowest BCUT2D eigenvalue weighted by atomic mass is 10.1. The number of hydrogen-bond donors (Lipinski definition) is 0. The molecule has 4 rings (SSSR count). The molecule has 0 aliphatic heterocycles. The zero-order chi connectivity index (χ0) is 19.9. The molecular weight excluding hydrogens is 344 g/mol. The predicted molar refractivity (Wildman–Crippen MR) is 116 cm³/mol. The fraction of sp³-hybridized carbons (Fsp3) is 0.292. The molecule has 4 nitrogen and oxygen atoms in total. The lowest BCUT2D eigenvalue weighted by molar-refractivity contribution is 0.917. The van der Waals surface area contributed by atoms with Crippen LogP contribution in [0.4, 0.5) is 0 Å². The van der Waals surface area contributed by atoms with E-state index < -0.39 is 0 Å². The molecule has 4 aromatic rings. The highest BCUT2D eigenvalue weighted by Gasteiger charge is 2.17. The SMILES string of the molecule is CC.CCCc1ccn2c(-c3ccncn3)c(-c3ccc(CC)cc3)nc2c1. The first-order valence-electron chi connectivity index (χ1n) is 10.2. The van der Waals surface area contributed by atoms with Gasteiger partial charge >= 0.3 is 0 Å². The fourth-order valence-electron chi connectivity index (χ4n) is 3.31. The Kier molecular flexibility index (Phi) is 6.53. The van der Waals surface area contributed by atoms with E-state index >= 15 is 0 Å². The van der Waals surface area contributed by atoms with Crippen LogP contribution in [0.15, 0.2) is 61.2 Å². The molecule has 4 heteroatoms. The van der Waals surface area contributed by atoms with Crippen molar-refractivity contribution >= 4 is 5.65 Å². The second-order valence-electron chi connectivity index (χ2n) is 6.47. The number of aromatic nitrogens is 4. The van der Waals surface area contributed by atoms with Crippen molar-refractivity contribution in [1.29, 1.82) is 0 Å². The van der Waals surface area contributed by atoms with Crippen molar-refractivity contribution in [2.45, 2.75) is 47.0 Å². The van der Waals surface area contributed by atoms with Gasteiger partial charge in [0.25, 0.3) is 0 Å². The Bertz CT molecular complexity index is 1020. The first-order chi connectivity index (χ1) is 13.8. The van der Waals surface area contributed by atoms with Gasteiger partial charge in [-0.05, 0) is 42.2 Å². The van der Waals surface area contributed by atoms with E-state index in [1.807, 2.05) is 19.9 Å². The van der Waals surface area contributed by atoms with Crippen molar-refractivity contribution in [3.63, 3.8) is 0 Å². The Hall–Kier alpha value is -3.01. The summed E-state index contributed by atoms with van der Waals surface area (Å²) in [4.78, 5) is 13.5. The molecule has 0 radical (unpaired) electrons. The van der Waals surface area contributed by atoms with Gasteiger partial charge in [-0.1, -0.05) is 58.4 Å². The molecule has 1 aromatic carbocycles. The second kappa shape index (κ2) is 9.27. The van der Waals surface area contributed by atoms with Crippen LogP contribution in [-0.2, 0) is 12.8 Å². The van der Waals surface area contributed by atoms with Gasteiger partial charge in [-0.25, -0.2) is 15.0 Å². The highest BCUT2D eigenvalue weighted by molar-refractivity contribution is 5.80. The number of nitrogens with zero attached hydrogens (tertiary/aromatic N) is 4. The summed E-state index contributed by atoms with van der Waals surface area (Å²) < 4.78 is 2.13. The first kappa shape index (κ1) is 19.7. The third-order valence-electron chi connectivity index (χ3n) is 4.69. The number of pyridine rings is 1. The maximum atomic E-state index is 4.96. The lowest BCUT2D eigenvalue weighted by Crippen LogP contribution is -1.94. The molecule has 3 heterocycles. The summed E-state index contributed by atoms with van der Waals surface area (Å²) in [6.45, 7) is 8.37. The number of benzene rings is 1.